The molecule has 0 saturated carbocycles. The van der Waals surface area contributed by atoms with E-state index in [-0.39, 0.29) is 5.75 Å². The molecule has 0 bridgehead atoms. The molecule has 1 rings (SSSR count). The largest absolute Gasteiger partial charge is 0.224 e. The molecule has 5 heteroatoms. The van der Waals surface area contributed by atoms with Gasteiger partial charge in [0.1, 0.15) is 0 Å². The molecular weight excluding hydrogens is 404 g/mol. The number of hydrogen-bond donors (Lipinski definition) is 0. The zero-order chi connectivity index (χ0) is 14.8. The monoisotopic (exact) mass is 424 g/mol. The van der Waals surface area contributed by atoms with Gasteiger partial charge >= 0.3 is 0 Å². The van der Waals surface area contributed by atoms with Gasteiger partial charge in [0.25, 0.3) is 0 Å². The molecule has 0 aliphatic heterocycles. The Morgan fingerprint density at radius 1 is 0.800 bits per heavy atom. The smallest absolute Gasteiger partial charge is 0.178 e. The summed E-state index contributed by atoms with van der Waals surface area (Å²) < 4.78 is 25.1. The van der Waals surface area contributed by atoms with Crippen molar-refractivity contribution in [1.29, 1.82) is 0 Å². The van der Waals surface area contributed by atoms with Crippen molar-refractivity contribution < 1.29 is 8.42 Å². The molecule has 0 unspecified atom stereocenters. The summed E-state index contributed by atoms with van der Waals surface area (Å²) in [5.74, 6) is 0.260. The van der Waals surface area contributed by atoms with Crippen LogP contribution in [0.3, 0.4) is 0 Å². The zero-order valence-electron chi connectivity index (χ0n) is 11.7. The Kier molecular flexibility index (Phi) is 9.05. The summed E-state index contributed by atoms with van der Waals surface area (Å²) in [5.41, 5.74) is 0. The highest BCUT2D eigenvalue weighted by Gasteiger charge is 2.13. The fraction of sp³-hybridized carbons (Fsp3) is 0.600. The third-order valence-corrected chi connectivity index (χ3v) is 6.13. The number of halogens is 2. The molecule has 0 atom stereocenters. The van der Waals surface area contributed by atoms with Crippen molar-refractivity contribution in [1.82, 2.24) is 0 Å². The topological polar surface area (TPSA) is 34.1 Å². The number of unbranched alkanes of at least 4 members (excludes halogenated alkanes) is 6. The van der Waals surface area contributed by atoms with E-state index in [4.69, 9.17) is 0 Å². The number of sulfone groups is 1. The Hall–Kier alpha value is 0.130. The highest BCUT2D eigenvalue weighted by molar-refractivity contribution is 9.10. The van der Waals surface area contributed by atoms with E-state index >= 15 is 0 Å². The van der Waals surface area contributed by atoms with Crippen LogP contribution in [0.2, 0.25) is 0 Å². The SMILES string of the molecule is O=S(=O)(CCCCCCCCCBr)c1ccc(Br)cc1. The summed E-state index contributed by atoms with van der Waals surface area (Å²) in [6.07, 6.45) is 7.87. The first kappa shape index (κ1) is 18.2. The average molecular weight is 426 g/mol. The van der Waals surface area contributed by atoms with Crippen molar-refractivity contribution in [3.63, 3.8) is 0 Å². The third-order valence-electron chi connectivity index (χ3n) is 3.22. The maximum absolute atomic E-state index is 12.1. The van der Waals surface area contributed by atoms with Crippen LogP contribution in [0, 0.1) is 0 Å². The molecule has 2 nitrogen and oxygen atoms in total. The molecule has 0 aliphatic rings. The Bertz CT molecular complexity index is 469. The Labute approximate surface area is 139 Å². The van der Waals surface area contributed by atoms with E-state index in [0.29, 0.717) is 4.90 Å². The van der Waals surface area contributed by atoms with Gasteiger partial charge in [-0.3, -0.25) is 0 Å². The van der Waals surface area contributed by atoms with Crippen LogP contribution >= 0.6 is 31.9 Å². The van der Waals surface area contributed by atoms with E-state index in [1.165, 1.54) is 25.7 Å². The molecule has 0 aromatic heterocycles. The maximum atomic E-state index is 12.1. The second-order valence-electron chi connectivity index (χ2n) is 4.94. The van der Waals surface area contributed by atoms with Crippen molar-refractivity contribution in [2.45, 2.75) is 49.8 Å². The van der Waals surface area contributed by atoms with Crippen molar-refractivity contribution in [3.05, 3.63) is 28.7 Å². The highest BCUT2D eigenvalue weighted by atomic mass is 79.9. The maximum Gasteiger partial charge on any atom is 0.178 e. The lowest BCUT2D eigenvalue weighted by molar-refractivity contribution is 0.579. The summed E-state index contributed by atoms with van der Waals surface area (Å²) in [6, 6.07) is 6.88. The molecular formula is C15H22Br2O2S. The number of alkyl halides is 1. The summed E-state index contributed by atoms with van der Waals surface area (Å²) in [7, 11) is -3.11. The first-order valence-corrected chi connectivity index (χ1v) is 10.7. The molecule has 0 spiro atoms. The Morgan fingerprint density at radius 2 is 1.30 bits per heavy atom. The van der Waals surface area contributed by atoms with Gasteiger partial charge in [0, 0.05) is 9.80 Å². The van der Waals surface area contributed by atoms with E-state index in [1.807, 2.05) is 0 Å². The summed E-state index contributed by atoms with van der Waals surface area (Å²) in [5, 5.41) is 1.08. The van der Waals surface area contributed by atoms with Crippen LogP contribution < -0.4 is 0 Å². The number of benzene rings is 1. The lowest BCUT2D eigenvalue weighted by Crippen LogP contribution is -2.06. The molecule has 0 amide bonds. The van der Waals surface area contributed by atoms with Gasteiger partial charge in [-0.15, -0.1) is 0 Å². The van der Waals surface area contributed by atoms with Gasteiger partial charge in [-0.2, -0.15) is 0 Å². The Balaban J connectivity index is 2.22. The van der Waals surface area contributed by atoms with Crippen LogP contribution in [0.4, 0.5) is 0 Å². The van der Waals surface area contributed by atoms with Crippen LogP contribution in [0.5, 0.6) is 0 Å². The molecule has 0 heterocycles. The summed E-state index contributed by atoms with van der Waals surface area (Å²) in [4.78, 5) is 0.429. The predicted octanol–water partition coefficient (Wildman–Crippen LogP) is 5.35. The van der Waals surface area contributed by atoms with Gasteiger partial charge in [0.2, 0.25) is 0 Å². The normalized spacial score (nSPS) is 11.7. The minimum Gasteiger partial charge on any atom is -0.224 e. The van der Waals surface area contributed by atoms with Crippen LogP contribution in [0.1, 0.15) is 44.9 Å². The van der Waals surface area contributed by atoms with Gasteiger partial charge in [-0.1, -0.05) is 64.0 Å². The standard InChI is InChI=1S/C15H22Br2O2S/c16-12-6-4-2-1-3-5-7-13-20(18,19)15-10-8-14(17)9-11-15/h8-11H,1-7,12-13H2. The molecule has 0 radical (unpaired) electrons. The van der Waals surface area contributed by atoms with Gasteiger partial charge in [0.05, 0.1) is 10.6 Å². The lowest BCUT2D eigenvalue weighted by Gasteiger charge is -2.05. The third kappa shape index (κ3) is 7.23. The number of rotatable bonds is 10. The van der Waals surface area contributed by atoms with Crippen molar-refractivity contribution in [2.24, 2.45) is 0 Å². The van der Waals surface area contributed by atoms with Gasteiger partial charge in [0.15, 0.2) is 9.84 Å². The minimum absolute atomic E-state index is 0.260. The van der Waals surface area contributed by atoms with Crippen molar-refractivity contribution in [2.75, 3.05) is 11.1 Å². The molecule has 0 saturated heterocycles. The van der Waals surface area contributed by atoms with Crippen LogP contribution in [0.15, 0.2) is 33.6 Å². The van der Waals surface area contributed by atoms with Crippen molar-refractivity contribution >= 4 is 41.7 Å². The summed E-state index contributed by atoms with van der Waals surface area (Å²) in [6.45, 7) is 0. The fourth-order valence-corrected chi connectivity index (χ4v) is 4.06. The van der Waals surface area contributed by atoms with E-state index < -0.39 is 9.84 Å². The summed E-state index contributed by atoms with van der Waals surface area (Å²) >= 11 is 6.74. The van der Waals surface area contributed by atoms with E-state index in [1.54, 1.807) is 24.3 Å². The van der Waals surface area contributed by atoms with E-state index in [2.05, 4.69) is 31.9 Å². The second kappa shape index (κ2) is 9.96. The minimum atomic E-state index is -3.11. The number of hydrogen-bond acceptors (Lipinski definition) is 2. The average Bonchev–Trinajstić information content (AvgIpc) is 2.42. The van der Waals surface area contributed by atoms with Gasteiger partial charge in [-0.25, -0.2) is 8.42 Å². The predicted molar refractivity (Wildman–Crippen MR) is 92.3 cm³/mol. The first-order chi connectivity index (χ1) is 9.56. The molecule has 1 aromatic carbocycles. The fourth-order valence-electron chi connectivity index (χ4n) is 2.03. The van der Waals surface area contributed by atoms with Crippen LogP contribution in [-0.2, 0) is 9.84 Å². The van der Waals surface area contributed by atoms with Crippen molar-refractivity contribution in [3.8, 4) is 0 Å². The molecule has 0 N–H and O–H groups in total. The zero-order valence-corrected chi connectivity index (χ0v) is 15.6. The highest BCUT2D eigenvalue weighted by Crippen LogP contribution is 2.17. The van der Waals surface area contributed by atoms with Gasteiger partial charge < -0.3 is 0 Å². The molecule has 0 fully saturated rings. The lowest BCUT2D eigenvalue weighted by atomic mass is 10.1. The molecule has 0 aliphatic carbocycles. The molecule has 20 heavy (non-hydrogen) atoms. The molecule has 114 valence electrons. The van der Waals surface area contributed by atoms with Crippen LogP contribution in [0.25, 0.3) is 0 Å². The molecule has 1 aromatic rings. The van der Waals surface area contributed by atoms with E-state index in [0.717, 1.165) is 29.1 Å². The van der Waals surface area contributed by atoms with Gasteiger partial charge in [-0.05, 0) is 37.1 Å². The van der Waals surface area contributed by atoms with E-state index in [9.17, 15) is 8.42 Å². The quantitative estimate of drug-likeness (QED) is 0.374. The Morgan fingerprint density at radius 3 is 1.85 bits per heavy atom. The second-order valence-corrected chi connectivity index (χ2v) is 8.75. The first-order valence-electron chi connectivity index (χ1n) is 7.10. The van der Waals surface area contributed by atoms with Crippen LogP contribution in [-0.4, -0.2) is 19.5 Å².